The Balaban J connectivity index is 1.79. The van der Waals surface area contributed by atoms with E-state index in [2.05, 4.69) is 12.1 Å². The number of aryl methyl sites for hydroxylation is 1. The van der Waals surface area contributed by atoms with E-state index in [1.165, 1.54) is 5.56 Å². The molecule has 1 saturated heterocycles. The van der Waals surface area contributed by atoms with Crippen LogP contribution in [0.4, 0.5) is 0 Å². The Hall–Kier alpha value is -1.84. The summed E-state index contributed by atoms with van der Waals surface area (Å²) in [5.74, 6) is -1.11. The van der Waals surface area contributed by atoms with Gasteiger partial charge in [-0.05, 0) is 30.7 Å². The molecule has 1 aromatic carbocycles. The van der Waals surface area contributed by atoms with E-state index in [0.717, 1.165) is 19.3 Å². The van der Waals surface area contributed by atoms with Crippen LogP contribution in [0.2, 0.25) is 0 Å². The lowest BCUT2D eigenvalue weighted by molar-refractivity contribution is -0.142. The number of benzene rings is 1. The van der Waals surface area contributed by atoms with E-state index in [0.29, 0.717) is 13.1 Å². The van der Waals surface area contributed by atoms with Crippen molar-refractivity contribution in [2.24, 2.45) is 17.8 Å². The van der Waals surface area contributed by atoms with Crippen LogP contribution in [0.1, 0.15) is 32.3 Å². The number of hydrogen-bond donors (Lipinski definition) is 1. The van der Waals surface area contributed by atoms with Crippen LogP contribution < -0.4 is 0 Å². The van der Waals surface area contributed by atoms with Gasteiger partial charge in [0, 0.05) is 19.0 Å². The molecular formula is C18H25NO3. The van der Waals surface area contributed by atoms with E-state index < -0.39 is 11.9 Å². The van der Waals surface area contributed by atoms with Crippen molar-refractivity contribution in [3.8, 4) is 0 Å². The molecule has 1 fully saturated rings. The summed E-state index contributed by atoms with van der Waals surface area (Å²) in [4.78, 5) is 25.3. The highest BCUT2D eigenvalue weighted by Crippen LogP contribution is 2.25. The third-order valence-electron chi connectivity index (χ3n) is 4.61. The number of hydrogen-bond acceptors (Lipinski definition) is 2. The molecule has 0 aliphatic carbocycles. The van der Waals surface area contributed by atoms with Crippen molar-refractivity contribution < 1.29 is 14.7 Å². The predicted octanol–water partition coefficient (Wildman–Crippen LogP) is 2.82. The molecule has 3 atom stereocenters. The van der Waals surface area contributed by atoms with Gasteiger partial charge >= 0.3 is 5.97 Å². The standard InChI is InChI=1S/C18H25NO3/c1-13(7-6-10-15-8-4-3-5-9-15)17(20)19-11-14(2)16(12-19)18(21)22/h3-5,8-9,13-14,16H,6-7,10-12H2,1-2H3,(H,21,22)/t13?,14-,16-/m1/s1. The highest BCUT2D eigenvalue weighted by Gasteiger charge is 2.37. The van der Waals surface area contributed by atoms with Crippen LogP contribution in [-0.4, -0.2) is 35.0 Å². The number of carbonyl (C=O) groups excluding carboxylic acids is 1. The first kappa shape index (κ1) is 16.5. The van der Waals surface area contributed by atoms with Crippen molar-refractivity contribution in [1.82, 2.24) is 4.90 Å². The predicted molar refractivity (Wildman–Crippen MR) is 85.4 cm³/mol. The molecule has 0 aromatic heterocycles. The summed E-state index contributed by atoms with van der Waals surface area (Å²) in [7, 11) is 0. The van der Waals surface area contributed by atoms with Crippen molar-refractivity contribution >= 4 is 11.9 Å². The quantitative estimate of drug-likeness (QED) is 0.879. The van der Waals surface area contributed by atoms with Gasteiger partial charge in [-0.1, -0.05) is 44.2 Å². The van der Waals surface area contributed by atoms with Crippen LogP contribution >= 0.6 is 0 Å². The van der Waals surface area contributed by atoms with E-state index in [1.54, 1.807) is 4.90 Å². The maximum Gasteiger partial charge on any atom is 0.308 e. The normalized spacial score (nSPS) is 22.5. The van der Waals surface area contributed by atoms with Crippen LogP contribution in [0, 0.1) is 17.8 Å². The van der Waals surface area contributed by atoms with E-state index in [4.69, 9.17) is 5.11 Å². The second-order valence-corrected chi connectivity index (χ2v) is 6.44. The molecule has 1 aliphatic heterocycles. The fourth-order valence-corrected chi connectivity index (χ4v) is 3.16. The summed E-state index contributed by atoms with van der Waals surface area (Å²) in [6, 6.07) is 10.3. The minimum Gasteiger partial charge on any atom is -0.481 e. The smallest absolute Gasteiger partial charge is 0.308 e. The third-order valence-corrected chi connectivity index (χ3v) is 4.61. The molecule has 0 saturated carbocycles. The van der Waals surface area contributed by atoms with E-state index in [-0.39, 0.29) is 17.7 Å². The van der Waals surface area contributed by atoms with Crippen molar-refractivity contribution in [3.05, 3.63) is 35.9 Å². The molecule has 1 heterocycles. The van der Waals surface area contributed by atoms with Gasteiger partial charge in [0.15, 0.2) is 0 Å². The lowest BCUT2D eigenvalue weighted by Gasteiger charge is -2.20. The molecule has 0 bridgehead atoms. The summed E-state index contributed by atoms with van der Waals surface area (Å²) >= 11 is 0. The Bertz CT molecular complexity index is 514. The van der Waals surface area contributed by atoms with Crippen LogP contribution in [0.25, 0.3) is 0 Å². The van der Waals surface area contributed by atoms with Gasteiger partial charge in [0.05, 0.1) is 5.92 Å². The number of amides is 1. The van der Waals surface area contributed by atoms with E-state index >= 15 is 0 Å². The van der Waals surface area contributed by atoms with Crippen LogP contribution in [0.5, 0.6) is 0 Å². The van der Waals surface area contributed by atoms with Crippen molar-refractivity contribution in [1.29, 1.82) is 0 Å². The number of carbonyl (C=O) groups is 2. The van der Waals surface area contributed by atoms with Gasteiger partial charge in [-0.15, -0.1) is 0 Å². The summed E-state index contributed by atoms with van der Waals surface area (Å²) in [6.45, 7) is 4.79. The molecule has 1 N–H and O–H groups in total. The second kappa shape index (κ2) is 7.43. The minimum atomic E-state index is -0.792. The Morgan fingerprint density at radius 2 is 1.95 bits per heavy atom. The molecule has 1 aliphatic rings. The Morgan fingerprint density at radius 3 is 2.55 bits per heavy atom. The van der Waals surface area contributed by atoms with Crippen molar-refractivity contribution in [2.75, 3.05) is 13.1 Å². The number of carboxylic acid groups (broad SMARTS) is 1. The second-order valence-electron chi connectivity index (χ2n) is 6.44. The lowest BCUT2D eigenvalue weighted by atomic mass is 9.99. The fraction of sp³-hybridized carbons (Fsp3) is 0.556. The van der Waals surface area contributed by atoms with Crippen LogP contribution in [-0.2, 0) is 16.0 Å². The van der Waals surface area contributed by atoms with Gasteiger partial charge in [0.2, 0.25) is 5.91 Å². The van der Waals surface area contributed by atoms with Gasteiger partial charge in [-0.2, -0.15) is 0 Å². The SMILES string of the molecule is CC(CCCc1ccccc1)C(=O)N1C[C@@H](C)[C@H](C(=O)O)C1. The molecule has 1 aromatic rings. The van der Waals surface area contributed by atoms with Gasteiger partial charge in [0.1, 0.15) is 0 Å². The largest absolute Gasteiger partial charge is 0.481 e. The molecule has 2 rings (SSSR count). The lowest BCUT2D eigenvalue weighted by Crippen LogP contribution is -2.34. The van der Waals surface area contributed by atoms with Gasteiger partial charge in [-0.25, -0.2) is 0 Å². The van der Waals surface area contributed by atoms with E-state index in [9.17, 15) is 9.59 Å². The fourth-order valence-electron chi connectivity index (χ4n) is 3.16. The van der Waals surface area contributed by atoms with Crippen LogP contribution in [0.15, 0.2) is 30.3 Å². The van der Waals surface area contributed by atoms with Crippen LogP contribution in [0.3, 0.4) is 0 Å². The zero-order chi connectivity index (χ0) is 16.1. The molecule has 0 spiro atoms. The maximum atomic E-state index is 12.4. The number of rotatable bonds is 6. The Morgan fingerprint density at radius 1 is 1.27 bits per heavy atom. The first-order chi connectivity index (χ1) is 10.5. The molecule has 0 radical (unpaired) electrons. The number of aliphatic carboxylic acids is 1. The summed E-state index contributed by atoms with van der Waals surface area (Å²) in [6.07, 6.45) is 2.80. The van der Waals surface area contributed by atoms with Gasteiger partial charge in [0.25, 0.3) is 0 Å². The molecule has 120 valence electrons. The molecule has 1 unspecified atom stereocenters. The molecule has 1 amide bonds. The average Bonchev–Trinajstić information content (AvgIpc) is 2.89. The van der Waals surface area contributed by atoms with E-state index in [1.807, 2.05) is 32.0 Å². The summed E-state index contributed by atoms with van der Waals surface area (Å²) in [5, 5.41) is 9.15. The molecule has 22 heavy (non-hydrogen) atoms. The third kappa shape index (κ3) is 4.09. The minimum absolute atomic E-state index is 0.0385. The molecular weight excluding hydrogens is 278 g/mol. The number of nitrogens with zero attached hydrogens (tertiary/aromatic N) is 1. The Labute approximate surface area is 132 Å². The van der Waals surface area contributed by atoms with Gasteiger partial charge in [-0.3, -0.25) is 9.59 Å². The molecule has 4 nitrogen and oxygen atoms in total. The highest BCUT2D eigenvalue weighted by molar-refractivity contribution is 5.80. The topological polar surface area (TPSA) is 57.6 Å². The summed E-state index contributed by atoms with van der Waals surface area (Å²) in [5.41, 5.74) is 1.29. The maximum absolute atomic E-state index is 12.4. The van der Waals surface area contributed by atoms with Crippen molar-refractivity contribution in [3.63, 3.8) is 0 Å². The zero-order valence-electron chi connectivity index (χ0n) is 13.4. The highest BCUT2D eigenvalue weighted by atomic mass is 16.4. The number of likely N-dealkylation sites (tertiary alicyclic amines) is 1. The average molecular weight is 303 g/mol. The van der Waals surface area contributed by atoms with Crippen molar-refractivity contribution in [2.45, 2.75) is 33.1 Å². The summed E-state index contributed by atoms with van der Waals surface area (Å²) < 4.78 is 0. The Kier molecular flexibility index (Phi) is 5.58. The first-order valence-corrected chi connectivity index (χ1v) is 8.04. The number of carboxylic acids is 1. The molecule has 4 heteroatoms. The monoisotopic (exact) mass is 303 g/mol. The first-order valence-electron chi connectivity index (χ1n) is 8.04. The van der Waals surface area contributed by atoms with Gasteiger partial charge < -0.3 is 10.0 Å². The zero-order valence-corrected chi connectivity index (χ0v) is 13.4.